The Morgan fingerprint density at radius 3 is 2.55 bits per heavy atom. The van der Waals surface area contributed by atoms with Gasteiger partial charge in [0.2, 0.25) is 0 Å². The van der Waals surface area contributed by atoms with Crippen LogP contribution >= 0.6 is 24.4 Å². The van der Waals surface area contributed by atoms with Crippen molar-refractivity contribution in [2.24, 2.45) is 0 Å². The van der Waals surface area contributed by atoms with Crippen molar-refractivity contribution >= 4 is 35.5 Å². The van der Waals surface area contributed by atoms with E-state index in [0.717, 1.165) is 12.8 Å². The van der Waals surface area contributed by atoms with Gasteiger partial charge in [-0.15, -0.1) is 0 Å². The molecule has 0 spiro atoms. The second-order valence-electron chi connectivity index (χ2n) is 1.93. The average molecular weight is 191 g/mol. The molecule has 0 aromatic carbocycles. The van der Waals surface area contributed by atoms with Crippen molar-refractivity contribution in [1.29, 1.82) is 0 Å². The molecule has 1 unspecified atom stereocenters. The lowest BCUT2D eigenvalue weighted by atomic mass is 10.2. The first-order chi connectivity index (χ1) is 5.35. The highest BCUT2D eigenvalue weighted by atomic mass is 32.1. The molecule has 0 amide bonds. The van der Waals surface area contributed by atoms with Gasteiger partial charge in [0.1, 0.15) is 23.8 Å². The van der Waals surface area contributed by atoms with E-state index >= 15 is 0 Å². The highest BCUT2D eigenvalue weighted by Gasteiger charge is 2.06. The van der Waals surface area contributed by atoms with Crippen molar-refractivity contribution in [3.8, 4) is 0 Å². The minimum atomic E-state index is -0.0100. The molecule has 1 atom stereocenters. The third kappa shape index (κ3) is 6.19. The summed E-state index contributed by atoms with van der Waals surface area (Å²) in [6, 6.07) is 0. The summed E-state index contributed by atoms with van der Waals surface area (Å²) in [4.78, 5) is 0. The largest absolute Gasteiger partial charge is 0.486 e. The predicted octanol–water partition coefficient (Wildman–Crippen LogP) is 1.92. The van der Waals surface area contributed by atoms with Crippen LogP contribution in [-0.2, 0) is 9.47 Å². The second kappa shape index (κ2) is 7.88. The van der Waals surface area contributed by atoms with Gasteiger partial charge < -0.3 is 9.47 Å². The van der Waals surface area contributed by atoms with Crippen molar-refractivity contribution < 1.29 is 9.47 Å². The standard InChI is InChI=1S/C7H11O2S2/c1-2-3-7(9-6-11)4-8-5-10/h5-7H,1-4H2. The van der Waals surface area contributed by atoms with E-state index in [1.807, 2.05) is 0 Å². The van der Waals surface area contributed by atoms with Crippen LogP contribution in [0.5, 0.6) is 0 Å². The van der Waals surface area contributed by atoms with Crippen LogP contribution in [0.1, 0.15) is 12.8 Å². The molecule has 0 aliphatic carbocycles. The van der Waals surface area contributed by atoms with Gasteiger partial charge >= 0.3 is 0 Å². The smallest absolute Gasteiger partial charge is 0.146 e. The summed E-state index contributed by atoms with van der Waals surface area (Å²) >= 11 is 9.02. The van der Waals surface area contributed by atoms with Crippen LogP contribution in [0.2, 0.25) is 0 Å². The zero-order valence-corrected chi connectivity index (χ0v) is 7.83. The molecular formula is C7H11O2S2. The molecule has 63 valence electrons. The highest BCUT2D eigenvalue weighted by molar-refractivity contribution is 7.78. The molecule has 2 nitrogen and oxygen atoms in total. The first-order valence-electron chi connectivity index (χ1n) is 3.28. The monoisotopic (exact) mass is 191 g/mol. The Morgan fingerprint density at radius 2 is 2.09 bits per heavy atom. The maximum absolute atomic E-state index is 5.04. The topological polar surface area (TPSA) is 18.5 Å². The quantitative estimate of drug-likeness (QED) is 0.572. The number of rotatable bonds is 7. The van der Waals surface area contributed by atoms with Crippen LogP contribution in [-0.4, -0.2) is 23.8 Å². The lowest BCUT2D eigenvalue weighted by molar-refractivity contribution is 0.121. The van der Waals surface area contributed by atoms with E-state index in [1.54, 1.807) is 0 Å². The first kappa shape index (κ1) is 10.8. The molecule has 0 aliphatic rings. The van der Waals surface area contributed by atoms with E-state index in [9.17, 15) is 0 Å². The van der Waals surface area contributed by atoms with Gasteiger partial charge in [0.25, 0.3) is 0 Å². The van der Waals surface area contributed by atoms with Gasteiger partial charge in [-0.3, -0.25) is 0 Å². The van der Waals surface area contributed by atoms with E-state index in [1.165, 1.54) is 11.1 Å². The molecule has 4 heteroatoms. The number of hydrogen-bond acceptors (Lipinski definition) is 4. The molecule has 0 saturated heterocycles. The predicted molar refractivity (Wildman–Crippen MR) is 52.7 cm³/mol. The molecular weight excluding hydrogens is 180 g/mol. The van der Waals surface area contributed by atoms with E-state index in [-0.39, 0.29) is 6.10 Å². The van der Waals surface area contributed by atoms with Gasteiger partial charge in [-0.25, -0.2) is 0 Å². The van der Waals surface area contributed by atoms with E-state index in [2.05, 4.69) is 31.4 Å². The molecule has 1 radical (unpaired) electrons. The van der Waals surface area contributed by atoms with Gasteiger partial charge in [0.15, 0.2) is 0 Å². The summed E-state index contributed by atoms with van der Waals surface area (Å²) in [7, 11) is 0. The van der Waals surface area contributed by atoms with Gasteiger partial charge in [-0.05, 0) is 37.3 Å². The third-order valence-corrected chi connectivity index (χ3v) is 1.37. The van der Waals surface area contributed by atoms with Crippen molar-refractivity contribution in [2.75, 3.05) is 6.61 Å². The minimum absolute atomic E-state index is 0.0100. The van der Waals surface area contributed by atoms with Crippen molar-refractivity contribution in [3.05, 3.63) is 6.92 Å². The Labute approximate surface area is 77.9 Å². The highest BCUT2D eigenvalue weighted by Crippen LogP contribution is 2.00. The molecule has 0 fully saturated rings. The Kier molecular flexibility index (Phi) is 7.72. The van der Waals surface area contributed by atoms with Crippen LogP contribution in [0.15, 0.2) is 0 Å². The molecule has 0 rings (SSSR count). The lowest BCUT2D eigenvalue weighted by Gasteiger charge is -2.13. The molecule has 0 aromatic rings. The van der Waals surface area contributed by atoms with Crippen LogP contribution < -0.4 is 0 Å². The molecule has 0 aliphatic heterocycles. The van der Waals surface area contributed by atoms with Crippen molar-refractivity contribution in [3.63, 3.8) is 0 Å². The Bertz CT molecular complexity index is 117. The van der Waals surface area contributed by atoms with E-state index in [4.69, 9.17) is 9.47 Å². The lowest BCUT2D eigenvalue weighted by Crippen LogP contribution is -2.18. The van der Waals surface area contributed by atoms with Crippen LogP contribution in [0.25, 0.3) is 0 Å². The Morgan fingerprint density at radius 1 is 1.36 bits per heavy atom. The summed E-state index contributed by atoms with van der Waals surface area (Å²) < 4.78 is 9.91. The Balaban J connectivity index is 3.49. The summed E-state index contributed by atoms with van der Waals surface area (Å²) in [5.74, 6) is 0. The number of hydrogen-bond donors (Lipinski definition) is 0. The first-order valence-corrected chi connectivity index (χ1v) is 4.23. The molecule has 0 N–H and O–H groups in total. The van der Waals surface area contributed by atoms with Crippen molar-refractivity contribution in [2.45, 2.75) is 18.9 Å². The summed E-state index contributed by atoms with van der Waals surface area (Å²) in [6.45, 7) is 4.15. The van der Waals surface area contributed by atoms with Gasteiger partial charge in [0.05, 0.1) is 0 Å². The van der Waals surface area contributed by atoms with Crippen LogP contribution in [0.4, 0.5) is 0 Å². The maximum atomic E-state index is 5.04. The molecule has 0 aromatic heterocycles. The number of thiocarbonyl (C=S) groups is 2. The summed E-state index contributed by atoms with van der Waals surface area (Å²) in [5.41, 5.74) is 2.47. The fraction of sp³-hybridized carbons (Fsp3) is 0.571. The SMILES string of the molecule is [CH2]CCC(COC=S)OC=S. The van der Waals surface area contributed by atoms with Gasteiger partial charge in [-0.2, -0.15) is 0 Å². The van der Waals surface area contributed by atoms with Crippen molar-refractivity contribution in [1.82, 2.24) is 0 Å². The van der Waals surface area contributed by atoms with E-state index < -0.39 is 0 Å². The minimum Gasteiger partial charge on any atom is -0.486 e. The maximum Gasteiger partial charge on any atom is 0.146 e. The van der Waals surface area contributed by atoms with Crippen LogP contribution in [0, 0.1) is 6.92 Å². The average Bonchev–Trinajstić information content (AvgIpc) is 2.01. The van der Waals surface area contributed by atoms with Crippen LogP contribution in [0.3, 0.4) is 0 Å². The van der Waals surface area contributed by atoms with E-state index in [0.29, 0.717) is 6.61 Å². The molecule has 11 heavy (non-hydrogen) atoms. The fourth-order valence-corrected chi connectivity index (χ4v) is 0.879. The second-order valence-corrected chi connectivity index (χ2v) is 2.31. The normalized spacial score (nSPS) is 11.7. The number of ether oxygens (including phenoxy) is 2. The Hall–Kier alpha value is -0.220. The molecule has 0 heterocycles. The molecule has 0 bridgehead atoms. The van der Waals surface area contributed by atoms with Gasteiger partial charge in [0, 0.05) is 0 Å². The fourth-order valence-electron chi connectivity index (χ4n) is 0.644. The summed E-state index contributed by atoms with van der Waals surface area (Å²) in [6.07, 6.45) is 1.62. The third-order valence-electron chi connectivity index (χ3n) is 1.12. The van der Waals surface area contributed by atoms with Gasteiger partial charge in [-0.1, -0.05) is 6.92 Å². The zero-order chi connectivity index (χ0) is 8.53. The molecule has 0 saturated carbocycles. The summed E-state index contributed by atoms with van der Waals surface area (Å²) in [5, 5.41) is 0. The zero-order valence-electron chi connectivity index (χ0n) is 6.19.